The molecule has 0 bridgehead atoms. The maximum Gasteiger partial charge on any atom is 0.172 e. The average molecular weight is 282 g/mol. The lowest BCUT2D eigenvalue weighted by Gasteiger charge is -2.40. The molecular weight excluding hydrogens is 260 g/mol. The molecule has 1 aliphatic carbocycles. The monoisotopic (exact) mass is 282 g/mol. The van der Waals surface area contributed by atoms with Crippen LogP contribution >= 0.6 is 0 Å². The lowest BCUT2D eigenvalue weighted by atomic mass is 9.77. The zero-order valence-electron chi connectivity index (χ0n) is 12.4. The maximum absolute atomic E-state index is 6.15. The molecule has 2 aliphatic rings. The van der Waals surface area contributed by atoms with Gasteiger partial charge in [-0.05, 0) is 43.2 Å². The molecule has 1 aromatic carbocycles. The standard InChI is InChI=1S/C17H22N4/c18-15-16(20-14-6-2-1-5-13(14)19-15)21-11-9-17(10-12-21)7-3-4-8-17/h1-2,5-6H,3-4,7-12H2,(H2,18,19). The summed E-state index contributed by atoms with van der Waals surface area (Å²) in [5.74, 6) is 1.44. The van der Waals surface area contributed by atoms with E-state index in [9.17, 15) is 0 Å². The van der Waals surface area contributed by atoms with Crippen LogP contribution < -0.4 is 10.6 Å². The second-order valence-electron chi connectivity index (χ2n) is 6.62. The van der Waals surface area contributed by atoms with E-state index >= 15 is 0 Å². The molecule has 110 valence electrons. The topological polar surface area (TPSA) is 55.0 Å². The van der Waals surface area contributed by atoms with E-state index in [4.69, 9.17) is 10.7 Å². The lowest BCUT2D eigenvalue weighted by Crippen LogP contribution is -2.39. The third-order valence-corrected chi connectivity index (χ3v) is 5.37. The van der Waals surface area contributed by atoms with Gasteiger partial charge in [-0.25, -0.2) is 9.97 Å². The molecule has 2 N–H and O–H groups in total. The molecule has 2 fully saturated rings. The molecule has 1 spiro atoms. The number of rotatable bonds is 1. The molecule has 0 amide bonds. The molecule has 0 radical (unpaired) electrons. The van der Waals surface area contributed by atoms with Crippen LogP contribution in [-0.2, 0) is 0 Å². The number of nitrogens with zero attached hydrogens (tertiary/aromatic N) is 3. The first-order chi connectivity index (χ1) is 10.3. The van der Waals surface area contributed by atoms with Crippen LogP contribution in [0.5, 0.6) is 0 Å². The Kier molecular flexibility index (Phi) is 2.98. The highest BCUT2D eigenvalue weighted by atomic mass is 15.2. The summed E-state index contributed by atoms with van der Waals surface area (Å²) in [6.07, 6.45) is 8.22. The molecule has 0 unspecified atom stereocenters. The van der Waals surface area contributed by atoms with Crippen molar-refractivity contribution in [2.75, 3.05) is 23.7 Å². The van der Waals surface area contributed by atoms with Gasteiger partial charge in [0.1, 0.15) is 0 Å². The summed E-state index contributed by atoms with van der Waals surface area (Å²) in [5.41, 5.74) is 8.58. The van der Waals surface area contributed by atoms with E-state index < -0.39 is 0 Å². The van der Waals surface area contributed by atoms with Crippen LogP contribution in [0.2, 0.25) is 0 Å². The third kappa shape index (κ3) is 2.23. The highest BCUT2D eigenvalue weighted by Crippen LogP contribution is 2.46. The van der Waals surface area contributed by atoms with Crippen molar-refractivity contribution in [1.82, 2.24) is 9.97 Å². The fourth-order valence-corrected chi connectivity index (χ4v) is 4.05. The van der Waals surface area contributed by atoms with Crippen LogP contribution in [0.3, 0.4) is 0 Å². The van der Waals surface area contributed by atoms with E-state index in [1.165, 1.54) is 38.5 Å². The second-order valence-corrected chi connectivity index (χ2v) is 6.62. The molecule has 1 saturated carbocycles. The number of aromatic nitrogens is 2. The lowest BCUT2D eigenvalue weighted by molar-refractivity contribution is 0.226. The summed E-state index contributed by atoms with van der Waals surface area (Å²) in [7, 11) is 0. The summed E-state index contributed by atoms with van der Waals surface area (Å²) >= 11 is 0. The van der Waals surface area contributed by atoms with Crippen molar-refractivity contribution in [2.24, 2.45) is 5.41 Å². The molecule has 2 aromatic rings. The van der Waals surface area contributed by atoms with Crippen molar-refractivity contribution < 1.29 is 0 Å². The summed E-state index contributed by atoms with van der Waals surface area (Å²) in [6.45, 7) is 2.13. The summed E-state index contributed by atoms with van der Waals surface area (Å²) in [4.78, 5) is 11.6. The Morgan fingerprint density at radius 1 is 0.905 bits per heavy atom. The number of fused-ring (bicyclic) bond motifs is 1. The Balaban J connectivity index is 1.60. The van der Waals surface area contributed by atoms with Crippen LogP contribution in [-0.4, -0.2) is 23.1 Å². The molecule has 4 rings (SSSR count). The van der Waals surface area contributed by atoms with Crippen LogP contribution in [0.15, 0.2) is 24.3 Å². The fourth-order valence-electron chi connectivity index (χ4n) is 4.05. The van der Waals surface area contributed by atoms with Crippen LogP contribution in [0.25, 0.3) is 11.0 Å². The Morgan fingerprint density at radius 3 is 2.19 bits per heavy atom. The van der Waals surface area contributed by atoms with Gasteiger partial charge < -0.3 is 10.6 Å². The van der Waals surface area contributed by atoms with Crippen LogP contribution in [0.1, 0.15) is 38.5 Å². The average Bonchev–Trinajstić information content (AvgIpc) is 2.96. The number of para-hydroxylation sites is 2. The minimum absolute atomic E-state index is 0.566. The van der Waals surface area contributed by atoms with Crippen LogP contribution in [0, 0.1) is 5.41 Å². The minimum atomic E-state index is 0.566. The molecule has 2 heterocycles. The molecule has 1 saturated heterocycles. The summed E-state index contributed by atoms with van der Waals surface area (Å²) in [5, 5.41) is 0. The van der Waals surface area contributed by atoms with Crippen molar-refractivity contribution in [3.8, 4) is 0 Å². The molecule has 4 nitrogen and oxygen atoms in total. The SMILES string of the molecule is Nc1nc2ccccc2nc1N1CCC2(CCCC2)CC1. The number of nitrogen functional groups attached to an aromatic ring is 1. The van der Waals surface area contributed by atoms with E-state index in [-0.39, 0.29) is 0 Å². The van der Waals surface area contributed by atoms with Gasteiger partial charge in [-0.3, -0.25) is 0 Å². The Labute approximate surface area is 125 Å². The quantitative estimate of drug-likeness (QED) is 0.871. The fraction of sp³-hybridized carbons (Fsp3) is 0.529. The van der Waals surface area contributed by atoms with E-state index in [2.05, 4.69) is 9.88 Å². The molecule has 21 heavy (non-hydrogen) atoms. The number of nitrogens with two attached hydrogens (primary N) is 1. The Morgan fingerprint density at radius 2 is 1.52 bits per heavy atom. The first-order valence-electron chi connectivity index (χ1n) is 8.03. The van der Waals surface area contributed by atoms with Crippen LogP contribution in [0.4, 0.5) is 11.6 Å². The van der Waals surface area contributed by atoms with Gasteiger partial charge in [0.25, 0.3) is 0 Å². The van der Waals surface area contributed by atoms with Gasteiger partial charge in [0, 0.05) is 13.1 Å². The van der Waals surface area contributed by atoms with Crippen molar-refractivity contribution in [2.45, 2.75) is 38.5 Å². The molecular formula is C17H22N4. The Hall–Kier alpha value is -1.84. The van der Waals surface area contributed by atoms with Gasteiger partial charge in [0.15, 0.2) is 11.6 Å². The van der Waals surface area contributed by atoms with E-state index in [1.807, 2.05) is 24.3 Å². The number of hydrogen-bond acceptors (Lipinski definition) is 4. The second kappa shape index (κ2) is 4.86. The first kappa shape index (κ1) is 12.9. The normalized spacial score (nSPS) is 21.2. The molecule has 1 aromatic heterocycles. The summed E-state index contributed by atoms with van der Waals surface area (Å²) in [6, 6.07) is 7.95. The van der Waals surface area contributed by atoms with Gasteiger partial charge in [0.05, 0.1) is 11.0 Å². The minimum Gasteiger partial charge on any atom is -0.381 e. The van der Waals surface area contributed by atoms with Gasteiger partial charge in [-0.1, -0.05) is 25.0 Å². The Bertz CT molecular complexity index is 651. The maximum atomic E-state index is 6.15. The van der Waals surface area contributed by atoms with E-state index in [1.54, 1.807) is 0 Å². The van der Waals surface area contributed by atoms with Gasteiger partial charge in [0.2, 0.25) is 0 Å². The van der Waals surface area contributed by atoms with Crippen molar-refractivity contribution in [3.05, 3.63) is 24.3 Å². The zero-order chi connectivity index (χ0) is 14.3. The number of piperidine rings is 1. The zero-order valence-corrected chi connectivity index (χ0v) is 12.4. The van der Waals surface area contributed by atoms with Crippen molar-refractivity contribution in [1.29, 1.82) is 0 Å². The predicted octanol–water partition coefficient (Wildman–Crippen LogP) is 3.37. The highest BCUT2D eigenvalue weighted by molar-refractivity contribution is 5.79. The molecule has 1 aliphatic heterocycles. The van der Waals surface area contributed by atoms with Crippen molar-refractivity contribution >= 4 is 22.7 Å². The largest absolute Gasteiger partial charge is 0.381 e. The number of benzene rings is 1. The predicted molar refractivity (Wildman–Crippen MR) is 86.3 cm³/mol. The molecule has 0 atom stereocenters. The van der Waals surface area contributed by atoms with Gasteiger partial charge in [-0.15, -0.1) is 0 Å². The highest BCUT2D eigenvalue weighted by Gasteiger charge is 2.37. The first-order valence-corrected chi connectivity index (χ1v) is 8.03. The van der Waals surface area contributed by atoms with E-state index in [0.717, 1.165) is 29.9 Å². The van der Waals surface area contributed by atoms with E-state index in [0.29, 0.717) is 11.2 Å². The smallest absolute Gasteiger partial charge is 0.172 e. The summed E-state index contributed by atoms with van der Waals surface area (Å²) < 4.78 is 0. The van der Waals surface area contributed by atoms with Gasteiger partial charge >= 0.3 is 0 Å². The third-order valence-electron chi connectivity index (χ3n) is 5.37. The molecule has 4 heteroatoms. The van der Waals surface area contributed by atoms with Gasteiger partial charge in [-0.2, -0.15) is 0 Å². The van der Waals surface area contributed by atoms with Crippen molar-refractivity contribution in [3.63, 3.8) is 0 Å². The number of anilines is 2. The number of hydrogen-bond donors (Lipinski definition) is 1.